The van der Waals surface area contributed by atoms with Crippen molar-refractivity contribution in [3.63, 3.8) is 0 Å². The summed E-state index contributed by atoms with van der Waals surface area (Å²) in [5.74, 6) is -1.81. The van der Waals surface area contributed by atoms with Crippen LogP contribution in [0.15, 0.2) is 39.6 Å². The monoisotopic (exact) mass is 350 g/mol. The van der Waals surface area contributed by atoms with Gasteiger partial charge in [-0.15, -0.1) is 0 Å². The number of aryl methyl sites for hydroxylation is 1. The molecular weight excluding hydrogens is 342 g/mol. The molecule has 3 rings (SSSR count). The zero-order valence-corrected chi connectivity index (χ0v) is 12.5. The van der Waals surface area contributed by atoms with Crippen molar-refractivity contribution in [1.29, 1.82) is 0 Å². The second-order valence-electron chi connectivity index (χ2n) is 4.68. The van der Waals surface area contributed by atoms with Crippen molar-refractivity contribution in [3.05, 3.63) is 62.4 Å². The molecule has 3 nitrogen and oxygen atoms in total. The number of aromatic amines is 1. The second-order valence-corrected chi connectivity index (χ2v) is 5.54. The maximum atomic E-state index is 13.3. The molecular formula is C15H9BrF2N2O. The van der Waals surface area contributed by atoms with E-state index in [1.54, 1.807) is 6.07 Å². The third kappa shape index (κ3) is 2.47. The van der Waals surface area contributed by atoms with E-state index in [4.69, 9.17) is 0 Å². The minimum absolute atomic E-state index is 0.0147. The highest BCUT2D eigenvalue weighted by molar-refractivity contribution is 9.10. The molecule has 0 saturated carbocycles. The number of halogens is 3. The van der Waals surface area contributed by atoms with Crippen LogP contribution in [-0.4, -0.2) is 9.97 Å². The molecule has 0 unspecified atom stereocenters. The van der Waals surface area contributed by atoms with E-state index >= 15 is 0 Å². The molecule has 0 aliphatic rings. The van der Waals surface area contributed by atoms with E-state index in [9.17, 15) is 13.6 Å². The highest BCUT2D eigenvalue weighted by Gasteiger charge is 2.12. The number of rotatable bonds is 1. The van der Waals surface area contributed by atoms with Gasteiger partial charge in [0.15, 0.2) is 11.6 Å². The van der Waals surface area contributed by atoms with E-state index in [0.29, 0.717) is 11.4 Å². The summed E-state index contributed by atoms with van der Waals surface area (Å²) < 4.78 is 27.3. The van der Waals surface area contributed by atoms with E-state index in [0.717, 1.165) is 22.2 Å². The van der Waals surface area contributed by atoms with Crippen LogP contribution in [0.4, 0.5) is 8.78 Å². The summed E-state index contributed by atoms with van der Waals surface area (Å²) in [6.07, 6.45) is 0. The number of nitrogens with one attached hydrogen (secondary N) is 1. The van der Waals surface area contributed by atoms with Gasteiger partial charge in [-0.05, 0) is 30.7 Å². The Labute approximate surface area is 126 Å². The normalized spacial score (nSPS) is 11.0. The predicted molar refractivity (Wildman–Crippen MR) is 80.2 cm³/mol. The standard InChI is InChI=1S/C15H9BrF2N2O/c1-7-2-3-8(10(16)4-7)14-19-13-6-12(18)11(17)5-9(13)15(21)20-14/h2-6H,1H3,(H,19,20,21). The van der Waals surface area contributed by atoms with Crippen molar-refractivity contribution in [2.24, 2.45) is 0 Å². The van der Waals surface area contributed by atoms with Gasteiger partial charge in [0, 0.05) is 16.1 Å². The molecule has 1 heterocycles. The lowest BCUT2D eigenvalue weighted by molar-refractivity contribution is 0.510. The average Bonchev–Trinajstić information content (AvgIpc) is 2.41. The Morgan fingerprint density at radius 1 is 1.14 bits per heavy atom. The summed E-state index contributed by atoms with van der Waals surface area (Å²) in [5.41, 5.74) is 1.31. The highest BCUT2D eigenvalue weighted by Crippen LogP contribution is 2.27. The third-order valence-corrected chi connectivity index (χ3v) is 3.78. The fraction of sp³-hybridized carbons (Fsp3) is 0.0667. The second kappa shape index (κ2) is 5.04. The molecule has 3 aromatic rings. The number of hydrogen-bond acceptors (Lipinski definition) is 2. The van der Waals surface area contributed by atoms with Crippen LogP contribution < -0.4 is 5.56 Å². The van der Waals surface area contributed by atoms with Crippen molar-refractivity contribution < 1.29 is 8.78 Å². The van der Waals surface area contributed by atoms with E-state index in [1.807, 2.05) is 19.1 Å². The quantitative estimate of drug-likeness (QED) is 0.722. The predicted octanol–water partition coefficient (Wildman–Crippen LogP) is 3.94. The van der Waals surface area contributed by atoms with Crippen molar-refractivity contribution >= 4 is 26.8 Å². The zero-order valence-electron chi connectivity index (χ0n) is 10.9. The van der Waals surface area contributed by atoms with Crippen molar-refractivity contribution in [2.75, 3.05) is 0 Å². The van der Waals surface area contributed by atoms with E-state index < -0.39 is 17.2 Å². The maximum absolute atomic E-state index is 13.3. The Kier molecular flexibility index (Phi) is 3.33. The lowest BCUT2D eigenvalue weighted by atomic mass is 10.1. The molecule has 2 aromatic carbocycles. The Balaban J connectivity index is 2.30. The number of fused-ring (bicyclic) bond motifs is 1. The third-order valence-electron chi connectivity index (χ3n) is 3.13. The molecule has 6 heteroatoms. The first-order valence-corrected chi connectivity index (χ1v) is 6.90. The van der Waals surface area contributed by atoms with Crippen molar-refractivity contribution in [3.8, 4) is 11.4 Å². The summed E-state index contributed by atoms with van der Waals surface area (Å²) in [4.78, 5) is 18.8. The minimum Gasteiger partial charge on any atom is -0.306 e. The zero-order chi connectivity index (χ0) is 15.1. The van der Waals surface area contributed by atoms with Gasteiger partial charge in [-0.2, -0.15) is 0 Å². The average molecular weight is 351 g/mol. The molecule has 0 atom stereocenters. The fourth-order valence-electron chi connectivity index (χ4n) is 2.07. The van der Waals surface area contributed by atoms with Crippen LogP contribution in [-0.2, 0) is 0 Å². The molecule has 1 N–H and O–H groups in total. The summed E-state index contributed by atoms with van der Waals surface area (Å²) >= 11 is 3.40. The van der Waals surface area contributed by atoms with Crippen LogP contribution in [0.3, 0.4) is 0 Å². The molecule has 0 aliphatic heterocycles. The first kappa shape index (κ1) is 13.9. The number of H-pyrrole nitrogens is 1. The SMILES string of the molecule is Cc1ccc(-c2nc3cc(F)c(F)cc3c(=O)[nH]2)c(Br)c1. The molecule has 0 amide bonds. The van der Waals surface area contributed by atoms with E-state index in [-0.39, 0.29) is 10.9 Å². The van der Waals surface area contributed by atoms with Gasteiger partial charge in [-0.3, -0.25) is 4.79 Å². The van der Waals surface area contributed by atoms with Gasteiger partial charge in [0.25, 0.3) is 5.56 Å². The number of benzene rings is 2. The Morgan fingerprint density at radius 2 is 1.86 bits per heavy atom. The van der Waals surface area contributed by atoms with Crippen LogP contribution in [0.5, 0.6) is 0 Å². The number of aromatic nitrogens is 2. The molecule has 1 aromatic heterocycles. The van der Waals surface area contributed by atoms with Gasteiger partial charge in [0.05, 0.1) is 10.9 Å². The van der Waals surface area contributed by atoms with Gasteiger partial charge in [0.1, 0.15) is 5.82 Å². The molecule has 0 radical (unpaired) electrons. The first-order valence-electron chi connectivity index (χ1n) is 6.11. The van der Waals surface area contributed by atoms with Crippen molar-refractivity contribution in [2.45, 2.75) is 6.92 Å². The fourth-order valence-corrected chi connectivity index (χ4v) is 2.75. The molecule has 0 saturated heterocycles. The minimum atomic E-state index is -1.07. The number of nitrogens with zero attached hydrogens (tertiary/aromatic N) is 1. The summed E-state index contributed by atoms with van der Waals surface area (Å²) in [6, 6.07) is 7.32. The van der Waals surface area contributed by atoms with E-state index in [1.165, 1.54) is 0 Å². The van der Waals surface area contributed by atoms with Crippen LogP contribution in [0.2, 0.25) is 0 Å². The Hall–Kier alpha value is -2.08. The first-order chi connectivity index (χ1) is 9.95. The Morgan fingerprint density at radius 3 is 2.57 bits per heavy atom. The van der Waals surface area contributed by atoms with Gasteiger partial charge < -0.3 is 4.98 Å². The Bertz CT molecular complexity index is 921. The molecule has 0 fully saturated rings. The van der Waals surface area contributed by atoms with Gasteiger partial charge in [-0.25, -0.2) is 13.8 Å². The van der Waals surface area contributed by atoms with Crippen LogP contribution in [0, 0.1) is 18.6 Å². The van der Waals surface area contributed by atoms with Gasteiger partial charge in [0.2, 0.25) is 0 Å². The smallest absolute Gasteiger partial charge is 0.259 e. The van der Waals surface area contributed by atoms with Crippen molar-refractivity contribution in [1.82, 2.24) is 9.97 Å². The number of hydrogen-bond donors (Lipinski definition) is 1. The molecule has 0 aliphatic carbocycles. The molecule has 21 heavy (non-hydrogen) atoms. The van der Waals surface area contributed by atoms with Crippen LogP contribution >= 0.6 is 15.9 Å². The lowest BCUT2D eigenvalue weighted by Gasteiger charge is -2.06. The summed E-state index contributed by atoms with van der Waals surface area (Å²) in [6.45, 7) is 1.93. The lowest BCUT2D eigenvalue weighted by Crippen LogP contribution is -2.10. The molecule has 0 spiro atoms. The summed E-state index contributed by atoms with van der Waals surface area (Å²) in [7, 11) is 0. The maximum Gasteiger partial charge on any atom is 0.259 e. The molecule has 106 valence electrons. The van der Waals surface area contributed by atoms with E-state index in [2.05, 4.69) is 25.9 Å². The highest BCUT2D eigenvalue weighted by atomic mass is 79.9. The van der Waals surface area contributed by atoms with Crippen LogP contribution in [0.1, 0.15) is 5.56 Å². The molecule has 0 bridgehead atoms. The largest absolute Gasteiger partial charge is 0.306 e. The van der Waals surface area contributed by atoms with Crippen LogP contribution in [0.25, 0.3) is 22.3 Å². The summed E-state index contributed by atoms with van der Waals surface area (Å²) in [5, 5.41) is 0.0147. The van der Waals surface area contributed by atoms with Gasteiger partial charge in [-0.1, -0.05) is 22.0 Å². The topological polar surface area (TPSA) is 45.8 Å². The van der Waals surface area contributed by atoms with Gasteiger partial charge >= 0.3 is 0 Å².